The third-order valence-electron chi connectivity index (χ3n) is 2.21. The van der Waals surface area contributed by atoms with Gasteiger partial charge in [0, 0.05) is 13.7 Å². The van der Waals surface area contributed by atoms with Gasteiger partial charge in [-0.1, -0.05) is 12.1 Å². The van der Waals surface area contributed by atoms with Crippen molar-refractivity contribution < 1.29 is 28.2 Å². The second-order valence-corrected chi connectivity index (χ2v) is 3.69. The van der Waals surface area contributed by atoms with Crippen molar-refractivity contribution in [3.63, 3.8) is 0 Å². The highest BCUT2D eigenvalue weighted by atomic mass is 19.3. The highest BCUT2D eigenvalue weighted by Crippen LogP contribution is 2.19. The quantitative estimate of drug-likeness (QED) is 0.779. The number of benzene rings is 1. The first-order valence-corrected chi connectivity index (χ1v) is 5.53. The van der Waals surface area contributed by atoms with Gasteiger partial charge in [-0.05, 0) is 12.1 Å². The molecule has 0 heterocycles. The average molecular weight is 275 g/mol. The number of nitrogens with one attached hydrogen (secondary N) is 1. The predicted octanol–water partition coefficient (Wildman–Crippen LogP) is 1.03. The van der Waals surface area contributed by atoms with Crippen molar-refractivity contribution in [1.29, 1.82) is 0 Å². The summed E-state index contributed by atoms with van der Waals surface area (Å²) < 4.78 is 33.3. The molecule has 1 atom stereocenters. The number of halogens is 2. The number of aliphatic hydroxyl groups excluding tert-OH is 1. The Morgan fingerprint density at radius 2 is 2.11 bits per heavy atom. The lowest BCUT2D eigenvalue weighted by Crippen LogP contribution is -2.34. The van der Waals surface area contributed by atoms with Gasteiger partial charge in [0.05, 0.1) is 18.3 Å². The van der Waals surface area contributed by atoms with E-state index in [0.29, 0.717) is 0 Å². The summed E-state index contributed by atoms with van der Waals surface area (Å²) in [5.41, 5.74) is -0.0209. The zero-order valence-corrected chi connectivity index (χ0v) is 10.3. The number of alkyl halides is 2. The molecule has 0 radical (unpaired) electrons. The number of amides is 1. The van der Waals surface area contributed by atoms with Gasteiger partial charge in [-0.3, -0.25) is 4.79 Å². The molecule has 0 aromatic heterocycles. The van der Waals surface area contributed by atoms with Crippen LogP contribution < -0.4 is 10.1 Å². The average Bonchev–Trinajstić information content (AvgIpc) is 2.36. The molecule has 1 unspecified atom stereocenters. The largest absolute Gasteiger partial charge is 0.434 e. The monoisotopic (exact) mass is 275 g/mol. The number of carbonyl (C=O) groups is 1. The minimum atomic E-state index is -3.01. The lowest BCUT2D eigenvalue weighted by Gasteiger charge is -2.13. The first-order chi connectivity index (χ1) is 9.04. The van der Waals surface area contributed by atoms with E-state index in [1.54, 1.807) is 0 Å². The maximum Gasteiger partial charge on any atom is 0.387 e. The molecular formula is C12H15F2NO4. The number of rotatable bonds is 7. The van der Waals surface area contributed by atoms with Crippen molar-refractivity contribution in [2.24, 2.45) is 0 Å². The van der Waals surface area contributed by atoms with Crippen molar-refractivity contribution in [3.8, 4) is 5.75 Å². The van der Waals surface area contributed by atoms with Crippen molar-refractivity contribution >= 4 is 5.91 Å². The Labute approximate surface area is 109 Å². The fourth-order valence-corrected chi connectivity index (χ4v) is 1.41. The van der Waals surface area contributed by atoms with Gasteiger partial charge in [0.25, 0.3) is 5.91 Å². The van der Waals surface area contributed by atoms with Gasteiger partial charge in [0.15, 0.2) is 0 Å². The molecule has 0 saturated heterocycles. The molecule has 1 rings (SSSR count). The summed E-state index contributed by atoms with van der Waals surface area (Å²) in [4.78, 5) is 11.8. The highest BCUT2D eigenvalue weighted by Gasteiger charge is 2.15. The van der Waals surface area contributed by atoms with Crippen LogP contribution in [0.2, 0.25) is 0 Å². The van der Waals surface area contributed by atoms with Gasteiger partial charge in [0.1, 0.15) is 5.75 Å². The van der Waals surface area contributed by atoms with E-state index in [2.05, 4.69) is 10.1 Å². The molecule has 1 aromatic rings. The summed E-state index contributed by atoms with van der Waals surface area (Å²) in [5.74, 6) is -0.817. The van der Waals surface area contributed by atoms with Crippen LogP contribution in [-0.2, 0) is 4.74 Å². The van der Waals surface area contributed by atoms with Crippen LogP contribution in [-0.4, -0.2) is 44.0 Å². The number of hydrogen-bond donors (Lipinski definition) is 2. The van der Waals surface area contributed by atoms with E-state index in [1.807, 2.05) is 0 Å². The zero-order valence-electron chi connectivity index (χ0n) is 10.3. The van der Waals surface area contributed by atoms with Gasteiger partial charge < -0.3 is 19.9 Å². The van der Waals surface area contributed by atoms with Crippen molar-refractivity contribution in [1.82, 2.24) is 5.32 Å². The second-order valence-electron chi connectivity index (χ2n) is 3.69. The summed E-state index contributed by atoms with van der Waals surface area (Å²) in [6, 6.07) is 5.63. The Balaban J connectivity index is 2.66. The first kappa shape index (κ1) is 15.3. The Kier molecular flexibility index (Phi) is 6.17. The first-order valence-electron chi connectivity index (χ1n) is 5.53. The fourth-order valence-electron chi connectivity index (χ4n) is 1.41. The topological polar surface area (TPSA) is 67.8 Å². The SMILES string of the molecule is COCC(O)CNC(=O)c1ccccc1OC(F)F. The normalized spacial score (nSPS) is 12.3. The van der Waals surface area contributed by atoms with E-state index in [1.165, 1.54) is 31.4 Å². The molecule has 0 aliphatic rings. The van der Waals surface area contributed by atoms with E-state index >= 15 is 0 Å². The molecule has 0 aliphatic heterocycles. The fraction of sp³-hybridized carbons (Fsp3) is 0.417. The van der Waals surface area contributed by atoms with Gasteiger partial charge in [-0.25, -0.2) is 0 Å². The summed E-state index contributed by atoms with van der Waals surface area (Å²) >= 11 is 0. The number of methoxy groups -OCH3 is 1. The van der Waals surface area contributed by atoms with E-state index in [4.69, 9.17) is 4.74 Å². The lowest BCUT2D eigenvalue weighted by atomic mass is 10.2. The second kappa shape index (κ2) is 7.65. The molecule has 0 fully saturated rings. The van der Waals surface area contributed by atoms with Crippen LogP contribution in [0.25, 0.3) is 0 Å². The van der Waals surface area contributed by atoms with Crippen molar-refractivity contribution in [2.45, 2.75) is 12.7 Å². The number of carbonyl (C=O) groups excluding carboxylic acids is 1. The van der Waals surface area contributed by atoms with E-state index in [0.717, 1.165) is 0 Å². The van der Waals surface area contributed by atoms with Crippen molar-refractivity contribution in [2.75, 3.05) is 20.3 Å². The summed E-state index contributed by atoms with van der Waals surface area (Å²) in [6.45, 7) is -2.99. The molecule has 19 heavy (non-hydrogen) atoms. The smallest absolute Gasteiger partial charge is 0.387 e. The zero-order chi connectivity index (χ0) is 14.3. The summed E-state index contributed by atoms with van der Waals surface area (Å²) in [5, 5.41) is 11.8. The minimum Gasteiger partial charge on any atom is -0.434 e. The van der Waals surface area contributed by atoms with Crippen LogP contribution in [0.1, 0.15) is 10.4 Å². The Morgan fingerprint density at radius 1 is 1.42 bits per heavy atom. The molecule has 5 nitrogen and oxygen atoms in total. The van der Waals surface area contributed by atoms with E-state index in [9.17, 15) is 18.7 Å². The van der Waals surface area contributed by atoms with Crippen LogP contribution in [0.15, 0.2) is 24.3 Å². The van der Waals surface area contributed by atoms with Gasteiger partial charge in [-0.2, -0.15) is 8.78 Å². The number of para-hydroxylation sites is 1. The Morgan fingerprint density at radius 3 is 2.74 bits per heavy atom. The summed E-state index contributed by atoms with van der Waals surface area (Å²) in [7, 11) is 1.41. The Bertz CT molecular complexity index is 414. The predicted molar refractivity (Wildman–Crippen MR) is 63.3 cm³/mol. The molecule has 0 bridgehead atoms. The molecule has 0 aliphatic carbocycles. The van der Waals surface area contributed by atoms with Gasteiger partial charge in [0.2, 0.25) is 0 Å². The van der Waals surface area contributed by atoms with Crippen LogP contribution in [0, 0.1) is 0 Å². The third kappa shape index (κ3) is 5.19. The standard InChI is InChI=1S/C12H15F2NO4/c1-18-7-8(16)6-15-11(17)9-4-2-3-5-10(9)19-12(13)14/h2-5,8,12,16H,6-7H2,1H3,(H,15,17). The third-order valence-corrected chi connectivity index (χ3v) is 2.21. The molecule has 106 valence electrons. The molecule has 1 aromatic carbocycles. The van der Waals surface area contributed by atoms with Crippen LogP contribution in [0.3, 0.4) is 0 Å². The highest BCUT2D eigenvalue weighted by molar-refractivity contribution is 5.96. The molecule has 7 heteroatoms. The molecule has 2 N–H and O–H groups in total. The van der Waals surface area contributed by atoms with Crippen LogP contribution >= 0.6 is 0 Å². The Hall–Kier alpha value is -1.73. The van der Waals surface area contributed by atoms with E-state index in [-0.39, 0.29) is 24.5 Å². The minimum absolute atomic E-state index is 0.0209. The van der Waals surface area contributed by atoms with Gasteiger partial charge in [-0.15, -0.1) is 0 Å². The maximum atomic E-state index is 12.2. The summed E-state index contributed by atoms with van der Waals surface area (Å²) in [6.07, 6.45) is -0.864. The molecule has 0 spiro atoms. The van der Waals surface area contributed by atoms with Crippen molar-refractivity contribution in [3.05, 3.63) is 29.8 Å². The van der Waals surface area contributed by atoms with Crippen LogP contribution in [0.5, 0.6) is 5.75 Å². The molecule has 1 amide bonds. The van der Waals surface area contributed by atoms with E-state index < -0.39 is 18.6 Å². The molecular weight excluding hydrogens is 260 g/mol. The molecule has 0 saturated carbocycles. The number of aliphatic hydroxyl groups is 1. The van der Waals surface area contributed by atoms with Crippen LogP contribution in [0.4, 0.5) is 8.78 Å². The number of ether oxygens (including phenoxy) is 2. The number of hydrogen-bond acceptors (Lipinski definition) is 4. The maximum absolute atomic E-state index is 12.2. The lowest BCUT2D eigenvalue weighted by molar-refractivity contribution is -0.0501. The van der Waals surface area contributed by atoms with Gasteiger partial charge >= 0.3 is 6.61 Å².